The predicted molar refractivity (Wildman–Crippen MR) is 93.7 cm³/mol. The molecular formula is C20H15NO4. The number of nitrogen functional groups attached to an aromatic ring is 1. The number of rotatable bonds is 4. The zero-order valence-electron chi connectivity index (χ0n) is 13.2. The van der Waals surface area contributed by atoms with Crippen molar-refractivity contribution in [2.45, 2.75) is 0 Å². The van der Waals surface area contributed by atoms with Crippen molar-refractivity contribution in [3.8, 4) is 11.5 Å². The molecule has 0 saturated heterocycles. The van der Waals surface area contributed by atoms with E-state index >= 15 is 0 Å². The molecule has 3 rings (SSSR count). The van der Waals surface area contributed by atoms with Crippen LogP contribution in [0.1, 0.15) is 20.7 Å². The molecule has 0 heterocycles. The Labute approximate surface area is 144 Å². The van der Waals surface area contributed by atoms with E-state index in [2.05, 4.69) is 0 Å². The number of hydrogen-bond acceptors (Lipinski definition) is 5. The van der Waals surface area contributed by atoms with E-state index in [-0.39, 0.29) is 0 Å². The molecule has 3 aromatic carbocycles. The molecule has 0 saturated carbocycles. The number of anilines is 1. The monoisotopic (exact) mass is 333 g/mol. The fourth-order valence-electron chi connectivity index (χ4n) is 2.10. The number of benzene rings is 3. The summed E-state index contributed by atoms with van der Waals surface area (Å²) in [6.45, 7) is 0. The minimum Gasteiger partial charge on any atom is -0.423 e. The quantitative estimate of drug-likeness (QED) is 0.447. The zero-order valence-corrected chi connectivity index (χ0v) is 13.2. The standard InChI is InChI=1S/C20H15NO4/c21-16-8-6-15(7-9-16)20(23)25-18-12-10-17(11-13-18)24-19(22)14-4-2-1-3-5-14/h1-13H,21H2. The van der Waals surface area contributed by atoms with Gasteiger partial charge in [0.05, 0.1) is 11.1 Å². The lowest BCUT2D eigenvalue weighted by molar-refractivity contribution is 0.0719. The van der Waals surface area contributed by atoms with Gasteiger partial charge in [-0.05, 0) is 60.7 Å². The second kappa shape index (κ2) is 7.31. The maximum absolute atomic E-state index is 12.0. The Morgan fingerprint density at radius 2 is 1.04 bits per heavy atom. The van der Waals surface area contributed by atoms with Crippen LogP contribution in [0.5, 0.6) is 11.5 Å². The summed E-state index contributed by atoms with van der Waals surface area (Å²) in [6.07, 6.45) is 0. The summed E-state index contributed by atoms with van der Waals surface area (Å²) < 4.78 is 10.5. The first kappa shape index (κ1) is 16.3. The van der Waals surface area contributed by atoms with Gasteiger partial charge < -0.3 is 15.2 Å². The molecule has 0 aliphatic carbocycles. The van der Waals surface area contributed by atoms with E-state index in [1.807, 2.05) is 6.07 Å². The summed E-state index contributed by atoms with van der Waals surface area (Å²) >= 11 is 0. The number of ether oxygens (including phenoxy) is 2. The normalized spacial score (nSPS) is 10.1. The summed E-state index contributed by atoms with van der Waals surface area (Å²) in [5, 5.41) is 0. The Hall–Kier alpha value is -3.60. The van der Waals surface area contributed by atoms with Crippen LogP contribution >= 0.6 is 0 Å². The second-order valence-corrected chi connectivity index (χ2v) is 5.24. The van der Waals surface area contributed by atoms with Crippen molar-refractivity contribution < 1.29 is 19.1 Å². The predicted octanol–water partition coefficient (Wildman–Crippen LogP) is 3.71. The maximum atomic E-state index is 12.0. The minimum atomic E-state index is -0.492. The Morgan fingerprint density at radius 3 is 1.52 bits per heavy atom. The van der Waals surface area contributed by atoms with E-state index in [0.29, 0.717) is 28.3 Å². The number of esters is 2. The molecule has 0 atom stereocenters. The van der Waals surface area contributed by atoms with Crippen LogP contribution < -0.4 is 15.2 Å². The van der Waals surface area contributed by atoms with E-state index in [0.717, 1.165) is 0 Å². The highest BCUT2D eigenvalue weighted by Gasteiger charge is 2.10. The highest BCUT2D eigenvalue weighted by molar-refractivity contribution is 5.92. The number of carbonyl (C=O) groups excluding carboxylic acids is 2. The minimum absolute atomic E-state index is 0.348. The van der Waals surface area contributed by atoms with Crippen LogP contribution in [0.15, 0.2) is 78.9 Å². The molecule has 0 amide bonds. The molecule has 0 fully saturated rings. The molecule has 2 N–H and O–H groups in total. The lowest BCUT2D eigenvalue weighted by atomic mass is 10.2. The molecule has 5 nitrogen and oxygen atoms in total. The smallest absolute Gasteiger partial charge is 0.343 e. The highest BCUT2D eigenvalue weighted by Crippen LogP contribution is 2.20. The van der Waals surface area contributed by atoms with E-state index in [1.165, 1.54) is 0 Å². The van der Waals surface area contributed by atoms with Gasteiger partial charge >= 0.3 is 11.9 Å². The van der Waals surface area contributed by atoms with Gasteiger partial charge in [-0.2, -0.15) is 0 Å². The van der Waals surface area contributed by atoms with Crippen molar-refractivity contribution in [2.75, 3.05) is 5.73 Å². The van der Waals surface area contributed by atoms with Gasteiger partial charge in [-0.15, -0.1) is 0 Å². The fourth-order valence-corrected chi connectivity index (χ4v) is 2.10. The maximum Gasteiger partial charge on any atom is 0.343 e. The van der Waals surface area contributed by atoms with Gasteiger partial charge in [-0.3, -0.25) is 0 Å². The Morgan fingerprint density at radius 1 is 0.600 bits per heavy atom. The fraction of sp³-hybridized carbons (Fsp3) is 0. The van der Waals surface area contributed by atoms with Gasteiger partial charge in [0, 0.05) is 5.69 Å². The molecule has 0 aliphatic heterocycles. The average Bonchev–Trinajstić information content (AvgIpc) is 2.64. The molecule has 5 heteroatoms. The first-order valence-corrected chi connectivity index (χ1v) is 7.57. The van der Waals surface area contributed by atoms with Gasteiger partial charge in [-0.1, -0.05) is 18.2 Å². The van der Waals surface area contributed by atoms with Crippen LogP contribution in [0.2, 0.25) is 0 Å². The Balaban J connectivity index is 1.63. The molecule has 0 bridgehead atoms. The largest absolute Gasteiger partial charge is 0.423 e. The molecule has 3 aromatic rings. The first-order valence-electron chi connectivity index (χ1n) is 7.57. The van der Waals surface area contributed by atoms with Gasteiger partial charge in [0.1, 0.15) is 11.5 Å². The van der Waals surface area contributed by atoms with Crippen LogP contribution in [0.3, 0.4) is 0 Å². The molecule has 0 spiro atoms. The van der Waals surface area contributed by atoms with E-state index < -0.39 is 11.9 Å². The van der Waals surface area contributed by atoms with Crippen LogP contribution in [0, 0.1) is 0 Å². The number of carbonyl (C=O) groups is 2. The SMILES string of the molecule is Nc1ccc(C(=O)Oc2ccc(OC(=O)c3ccccc3)cc2)cc1. The third-order valence-corrected chi connectivity index (χ3v) is 3.40. The molecule has 0 aliphatic rings. The van der Waals surface area contributed by atoms with Gasteiger partial charge in [-0.25, -0.2) is 9.59 Å². The number of hydrogen-bond donors (Lipinski definition) is 1. The lowest BCUT2D eigenvalue weighted by Gasteiger charge is -2.07. The van der Waals surface area contributed by atoms with Crippen LogP contribution in [0.25, 0.3) is 0 Å². The average molecular weight is 333 g/mol. The number of nitrogens with two attached hydrogens (primary N) is 1. The lowest BCUT2D eigenvalue weighted by Crippen LogP contribution is -2.09. The molecular weight excluding hydrogens is 318 g/mol. The highest BCUT2D eigenvalue weighted by atomic mass is 16.5. The molecule has 0 radical (unpaired) electrons. The summed E-state index contributed by atoms with van der Waals surface area (Å²) in [6, 6.07) is 21.4. The van der Waals surface area contributed by atoms with Crippen molar-refractivity contribution in [3.63, 3.8) is 0 Å². The third-order valence-electron chi connectivity index (χ3n) is 3.40. The molecule has 0 aromatic heterocycles. The van der Waals surface area contributed by atoms with Crippen molar-refractivity contribution in [1.29, 1.82) is 0 Å². The van der Waals surface area contributed by atoms with Crippen molar-refractivity contribution >= 4 is 17.6 Å². The second-order valence-electron chi connectivity index (χ2n) is 5.24. The Bertz CT molecular complexity index is 872. The molecule has 25 heavy (non-hydrogen) atoms. The van der Waals surface area contributed by atoms with Crippen LogP contribution in [-0.2, 0) is 0 Å². The van der Waals surface area contributed by atoms with Crippen molar-refractivity contribution in [2.24, 2.45) is 0 Å². The van der Waals surface area contributed by atoms with Crippen molar-refractivity contribution in [1.82, 2.24) is 0 Å². The zero-order chi connectivity index (χ0) is 17.6. The van der Waals surface area contributed by atoms with E-state index in [1.54, 1.807) is 72.8 Å². The molecule has 0 unspecified atom stereocenters. The van der Waals surface area contributed by atoms with Gasteiger partial charge in [0.15, 0.2) is 0 Å². The summed E-state index contributed by atoms with van der Waals surface area (Å²) in [5.41, 5.74) is 7.01. The van der Waals surface area contributed by atoms with Gasteiger partial charge in [0.25, 0.3) is 0 Å². The first-order chi connectivity index (χ1) is 12.1. The Kier molecular flexibility index (Phi) is 4.76. The third kappa shape index (κ3) is 4.23. The molecule has 124 valence electrons. The summed E-state index contributed by atoms with van der Waals surface area (Å²) in [7, 11) is 0. The van der Waals surface area contributed by atoms with Crippen LogP contribution in [-0.4, -0.2) is 11.9 Å². The van der Waals surface area contributed by atoms with Crippen LogP contribution in [0.4, 0.5) is 5.69 Å². The summed E-state index contributed by atoms with van der Waals surface area (Å²) in [4.78, 5) is 24.0. The van der Waals surface area contributed by atoms with Gasteiger partial charge in [0.2, 0.25) is 0 Å². The summed E-state index contributed by atoms with van der Waals surface area (Å²) in [5.74, 6) is -0.233. The van der Waals surface area contributed by atoms with E-state index in [9.17, 15) is 9.59 Å². The topological polar surface area (TPSA) is 78.6 Å². The van der Waals surface area contributed by atoms with E-state index in [4.69, 9.17) is 15.2 Å². The van der Waals surface area contributed by atoms with Crippen molar-refractivity contribution in [3.05, 3.63) is 90.0 Å².